The van der Waals surface area contributed by atoms with Crippen LogP contribution in [0.5, 0.6) is 0 Å². The van der Waals surface area contributed by atoms with E-state index in [1.807, 2.05) is 45.0 Å². The van der Waals surface area contributed by atoms with E-state index in [-0.39, 0.29) is 17.7 Å². The second-order valence-electron chi connectivity index (χ2n) is 7.13. The number of para-hydroxylation sites is 2. The number of carbonyl (C=O) groups excluding carboxylic acids is 1. The molecule has 1 aromatic carbocycles. The monoisotopic (exact) mass is 332 g/mol. The zero-order valence-electron chi connectivity index (χ0n) is 14.3. The number of nitrogens with zero attached hydrogens (tertiary/aromatic N) is 1. The second kappa shape index (κ2) is 7.47. The fraction of sp³-hybridized carbons (Fsp3) is 0.500. The SMILES string of the molecule is CC(C)(C)CCC(NC(=O)CCc1nc2ccccc2o1)C(=O)O. The van der Waals surface area contributed by atoms with Crippen molar-refractivity contribution in [3.63, 3.8) is 0 Å². The first-order valence-corrected chi connectivity index (χ1v) is 8.11. The molecule has 2 N–H and O–H groups in total. The first kappa shape index (κ1) is 18.0. The number of aromatic nitrogens is 1. The van der Waals surface area contributed by atoms with Crippen LogP contribution in [-0.2, 0) is 16.0 Å². The number of hydrogen-bond donors (Lipinski definition) is 2. The van der Waals surface area contributed by atoms with Crippen LogP contribution in [-0.4, -0.2) is 28.0 Å². The van der Waals surface area contributed by atoms with Crippen molar-refractivity contribution < 1.29 is 19.1 Å². The highest BCUT2D eigenvalue weighted by Gasteiger charge is 2.22. The van der Waals surface area contributed by atoms with Gasteiger partial charge in [0, 0.05) is 12.8 Å². The molecule has 1 aromatic heterocycles. The highest BCUT2D eigenvalue weighted by atomic mass is 16.4. The lowest BCUT2D eigenvalue weighted by molar-refractivity contribution is -0.142. The number of aryl methyl sites for hydroxylation is 1. The summed E-state index contributed by atoms with van der Waals surface area (Å²) < 4.78 is 5.56. The summed E-state index contributed by atoms with van der Waals surface area (Å²) in [5, 5.41) is 11.8. The second-order valence-corrected chi connectivity index (χ2v) is 7.13. The van der Waals surface area contributed by atoms with Gasteiger partial charge >= 0.3 is 5.97 Å². The number of carboxylic acids is 1. The normalized spacial score (nSPS) is 13.0. The summed E-state index contributed by atoms with van der Waals surface area (Å²) in [6.45, 7) is 6.13. The molecule has 0 aliphatic rings. The standard InChI is InChI=1S/C18H24N2O4/c1-18(2,3)11-10-13(17(22)23)19-15(21)8-9-16-20-12-6-4-5-7-14(12)24-16/h4-7,13H,8-11H2,1-3H3,(H,19,21)(H,22,23). The molecule has 0 saturated heterocycles. The van der Waals surface area contributed by atoms with Gasteiger partial charge in [-0.3, -0.25) is 4.79 Å². The summed E-state index contributed by atoms with van der Waals surface area (Å²) in [4.78, 5) is 27.6. The molecule has 1 unspecified atom stereocenters. The number of rotatable bonds is 7. The van der Waals surface area contributed by atoms with Gasteiger partial charge in [-0.05, 0) is 30.4 Å². The predicted octanol–water partition coefficient (Wildman–Crippen LogP) is 3.16. The lowest BCUT2D eigenvalue weighted by Gasteiger charge is -2.21. The Hall–Kier alpha value is -2.37. The number of aliphatic carboxylic acids is 1. The molecule has 0 aliphatic carbocycles. The van der Waals surface area contributed by atoms with Gasteiger partial charge in [0.05, 0.1) is 0 Å². The van der Waals surface area contributed by atoms with Gasteiger partial charge in [-0.2, -0.15) is 0 Å². The molecule has 0 fully saturated rings. The van der Waals surface area contributed by atoms with Crippen molar-refractivity contribution >= 4 is 23.0 Å². The quantitative estimate of drug-likeness (QED) is 0.812. The molecule has 0 radical (unpaired) electrons. The molecular weight excluding hydrogens is 308 g/mol. The molecule has 1 amide bonds. The average molecular weight is 332 g/mol. The predicted molar refractivity (Wildman–Crippen MR) is 90.6 cm³/mol. The Kier molecular flexibility index (Phi) is 5.59. The van der Waals surface area contributed by atoms with Crippen molar-refractivity contribution in [2.75, 3.05) is 0 Å². The molecule has 1 heterocycles. The van der Waals surface area contributed by atoms with Crippen molar-refractivity contribution in [3.8, 4) is 0 Å². The summed E-state index contributed by atoms with van der Waals surface area (Å²) in [5.74, 6) is -0.832. The smallest absolute Gasteiger partial charge is 0.326 e. The number of nitrogens with one attached hydrogen (secondary N) is 1. The molecule has 0 bridgehead atoms. The number of carboxylic acid groups (broad SMARTS) is 1. The van der Waals surface area contributed by atoms with Gasteiger partial charge in [-0.1, -0.05) is 32.9 Å². The third-order valence-corrected chi connectivity index (χ3v) is 3.72. The molecule has 1 atom stereocenters. The molecule has 6 nitrogen and oxygen atoms in total. The maximum absolute atomic E-state index is 12.0. The molecule has 6 heteroatoms. The van der Waals surface area contributed by atoms with Crippen LogP contribution < -0.4 is 5.32 Å². The van der Waals surface area contributed by atoms with Crippen molar-refractivity contribution in [1.82, 2.24) is 10.3 Å². The van der Waals surface area contributed by atoms with Gasteiger partial charge in [-0.15, -0.1) is 0 Å². The largest absolute Gasteiger partial charge is 0.480 e. The first-order chi connectivity index (χ1) is 11.2. The zero-order valence-corrected chi connectivity index (χ0v) is 14.3. The van der Waals surface area contributed by atoms with E-state index in [0.29, 0.717) is 24.3 Å². The van der Waals surface area contributed by atoms with Crippen molar-refractivity contribution in [2.45, 2.75) is 52.5 Å². The molecule has 2 rings (SSSR count). The van der Waals surface area contributed by atoms with Crippen LogP contribution in [0.4, 0.5) is 0 Å². The number of benzene rings is 1. The summed E-state index contributed by atoms with van der Waals surface area (Å²) in [6, 6.07) is 6.53. The maximum atomic E-state index is 12.0. The van der Waals surface area contributed by atoms with Crippen LogP contribution in [0.1, 0.15) is 45.9 Å². The minimum absolute atomic E-state index is 0.0244. The number of hydrogen-bond acceptors (Lipinski definition) is 4. The average Bonchev–Trinajstić information content (AvgIpc) is 2.91. The molecule has 0 spiro atoms. The van der Waals surface area contributed by atoms with Crippen LogP contribution >= 0.6 is 0 Å². The van der Waals surface area contributed by atoms with Gasteiger partial charge in [-0.25, -0.2) is 9.78 Å². The molecule has 0 saturated carbocycles. The summed E-state index contributed by atoms with van der Waals surface area (Å²) in [7, 11) is 0. The Bertz CT molecular complexity index is 682. The van der Waals surface area contributed by atoms with Gasteiger partial charge < -0.3 is 14.8 Å². The third kappa shape index (κ3) is 5.37. The molecule has 24 heavy (non-hydrogen) atoms. The number of fused-ring (bicyclic) bond motifs is 1. The lowest BCUT2D eigenvalue weighted by atomic mass is 9.88. The minimum Gasteiger partial charge on any atom is -0.480 e. The molecule has 2 aromatic rings. The van der Waals surface area contributed by atoms with Crippen molar-refractivity contribution in [3.05, 3.63) is 30.2 Å². The van der Waals surface area contributed by atoms with E-state index in [1.54, 1.807) is 0 Å². The van der Waals surface area contributed by atoms with E-state index in [4.69, 9.17) is 4.42 Å². The fourth-order valence-electron chi connectivity index (χ4n) is 2.35. The van der Waals surface area contributed by atoms with E-state index < -0.39 is 12.0 Å². The van der Waals surface area contributed by atoms with E-state index >= 15 is 0 Å². The number of carbonyl (C=O) groups is 2. The topological polar surface area (TPSA) is 92.4 Å². The third-order valence-electron chi connectivity index (χ3n) is 3.72. The summed E-state index contributed by atoms with van der Waals surface area (Å²) in [5.41, 5.74) is 1.46. The fourth-order valence-corrected chi connectivity index (χ4v) is 2.35. The van der Waals surface area contributed by atoms with Crippen LogP contribution in [0, 0.1) is 5.41 Å². The van der Waals surface area contributed by atoms with E-state index in [1.165, 1.54) is 0 Å². The van der Waals surface area contributed by atoms with Crippen LogP contribution in [0.25, 0.3) is 11.1 Å². The highest BCUT2D eigenvalue weighted by molar-refractivity contribution is 5.83. The van der Waals surface area contributed by atoms with Gasteiger partial charge in [0.15, 0.2) is 11.5 Å². The Morgan fingerprint density at radius 2 is 2.00 bits per heavy atom. The van der Waals surface area contributed by atoms with Gasteiger partial charge in [0.25, 0.3) is 0 Å². The highest BCUT2D eigenvalue weighted by Crippen LogP contribution is 2.22. The van der Waals surface area contributed by atoms with Crippen LogP contribution in [0.3, 0.4) is 0 Å². The number of oxazole rings is 1. The van der Waals surface area contributed by atoms with Gasteiger partial charge in [0.2, 0.25) is 5.91 Å². The number of amides is 1. The molecular formula is C18H24N2O4. The summed E-state index contributed by atoms with van der Waals surface area (Å²) in [6.07, 6.45) is 1.61. The van der Waals surface area contributed by atoms with E-state index in [9.17, 15) is 14.7 Å². The Morgan fingerprint density at radius 1 is 1.29 bits per heavy atom. The van der Waals surface area contributed by atoms with Crippen LogP contribution in [0.2, 0.25) is 0 Å². The van der Waals surface area contributed by atoms with Crippen molar-refractivity contribution in [1.29, 1.82) is 0 Å². The van der Waals surface area contributed by atoms with Crippen LogP contribution in [0.15, 0.2) is 28.7 Å². The first-order valence-electron chi connectivity index (χ1n) is 8.11. The Morgan fingerprint density at radius 3 is 2.62 bits per heavy atom. The maximum Gasteiger partial charge on any atom is 0.326 e. The van der Waals surface area contributed by atoms with E-state index in [0.717, 1.165) is 11.9 Å². The summed E-state index contributed by atoms with van der Waals surface area (Å²) >= 11 is 0. The Balaban J connectivity index is 1.87. The molecule has 0 aliphatic heterocycles. The van der Waals surface area contributed by atoms with Gasteiger partial charge in [0.1, 0.15) is 11.6 Å². The zero-order chi connectivity index (χ0) is 17.7. The lowest BCUT2D eigenvalue weighted by Crippen LogP contribution is -2.41. The minimum atomic E-state index is -1.01. The Labute approximate surface area is 141 Å². The van der Waals surface area contributed by atoms with Crippen molar-refractivity contribution in [2.24, 2.45) is 5.41 Å². The van der Waals surface area contributed by atoms with E-state index in [2.05, 4.69) is 10.3 Å². The molecule has 130 valence electrons.